The molecule has 0 saturated carbocycles. The fourth-order valence-electron chi connectivity index (χ4n) is 4.50. The molecule has 0 aliphatic carbocycles. The number of Topliss-reactive ketones (excluding diaryl/α,β-unsaturated/α-hetero) is 1. The van der Waals surface area contributed by atoms with E-state index in [0.29, 0.717) is 32.8 Å². The maximum absolute atomic E-state index is 13.7. The van der Waals surface area contributed by atoms with Crippen LogP contribution in [-0.4, -0.2) is 31.0 Å². The molecule has 1 amide bonds. The number of carbonyl (C=O) groups excluding carboxylic acids is 2. The highest BCUT2D eigenvalue weighted by atomic mass is 79.9. The molecule has 0 spiro atoms. The Morgan fingerprint density at radius 2 is 1.64 bits per heavy atom. The van der Waals surface area contributed by atoms with E-state index in [1.165, 1.54) is 4.90 Å². The van der Waals surface area contributed by atoms with Gasteiger partial charge in [-0.1, -0.05) is 67.0 Å². The molecule has 3 aromatic rings. The summed E-state index contributed by atoms with van der Waals surface area (Å²) in [6, 6.07) is 18.1. The second-order valence-electron chi connectivity index (χ2n) is 10.0. The number of benzene rings is 3. The number of nitrogens with zero attached hydrogens (tertiary/aromatic N) is 1. The molecule has 3 aromatic carbocycles. The predicted molar refractivity (Wildman–Crippen MR) is 143 cm³/mol. The van der Waals surface area contributed by atoms with E-state index >= 15 is 0 Å². The van der Waals surface area contributed by atoms with Crippen LogP contribution < -0.4 is 14.4 Å². The molecule has 1 unspecified atom stereocenters. The monoisotopic (exact) mass is 551 g/mol. The number of ketones is 1. The molecular weight excluding hydrogens is 522 g/mol. The van der Waals surface area contributed by atoms with Gasteiger partial charge in [-0.25, -0.2) is 0 Å². The molecule has 7 heteroatoms. The summed E-state index contributed by atoms with van der Waals surface area (Å²) in [5, 5.41) is 11.7. The zero-order chi connectivity index (χ0) is 26.3. The van der Waals surface area contributed by atoms with Crippen LogP contribution >= 0.6 is 15.9 Å². The fraction of sp³-hybridized carbons (Fsp3) is 0.310. The van der Waals surface area contributed by atoms with Crippen molar-refractivity contribution in [3.63, 3.8) is 0 Å². The van der Waals surface area contributed by atoms with E-state index < -0.39 is 11.5 Å². The molecule has 0 bridgehead atoms. The average Bonchev–Trinajstić information content (AvgIpc) is 3.04. The Kier molecular flexibility index (Phi) is 6.99. The SMILES string of the molecule is COc1ccc(CN2C(=O)C(O)(CC(=O)c3ccc(C(C)(C)C)cc3)c3cc(Br)ccc32)cc1OC. The molecule has 36 heavy (non-hydrogen) atoms. The minimum Gasteiger partial charge on any atom is -0.493 e. The maximum atomic E-state index is 13.7. The van der Waals surface area contributed by atoms with Crippen LogP contribution in [0.15, 0.2) is 65.1 Å². The normalized spacial score (nSPS) is 17.2. The van der Waals surface area contributed by atoms with Crippen molar-refractivity contribution in [2.45, 2.75) is 44.8 Å². The summed E-state index contributed by atoms with van der Waals surface area (Å²) >= 11 is 3.44. The number of halogens is 1. The van der Waals surface area contributed by atoms with Gasteiger partial charge in [-0.3, -0.25) is 9.59 Å². The molecule has 0 fully saturated rings. The smallest absolute Gasteiger partial charge is 0.264 e. The van der Waals surface area contributed by atoms with Crippen LogP contribution in [0, 0.1) is 0 Å². The number of ether oxygens (including phenoxy) is 2. The molecule has 188 valence electrons. The van der Waals surface area contributed by atoms with Crippen molar-refractivity contribution in [2.24, 2.45) is 0 Å². The lowest BCUT2D eigenvalue weighted by Gasteiger charge is -2.23. The zero-order valence-corrected chi connectivity index (χ0v) is 22.7. The van der Waals surface area contributed by atoms with Gasteiger partial charge in [0.25, 0.3) is 5.91 Å². The molecule has 0 aromatic heterocycles. The van der Waals surface area contributed by atoms with Gasteiger partial charge in [-0.2, -0.15) is 0 Å². The summed E-state index contributed by atoms with van der Waals surface area (Å²) < 4.78 is 11.4. The summed E-state index contributed by atoms with van der Waals surface area (Å²) in [5.74, 6) is 0.287. The van der Waals surface area contributed by atoms with E-state index in [1.54, 1.807) is 50.6 Å². The second kappa shape index (κ2) is 9.71. The second-order valence-corrected chi connectivity index (χ2v) is 10.9. The standard InChI is InChI=1S/C29H30BrNO5/c1-28(2,3)20-9-7-19(8-10-20)24(32)16-29(34)22-15-21(30)11-12-23(22)31(27(29)33)17-18-6-13-25(35-4)26(14-18)36-5/h6-15,34H,16-17H2,1-5H3. The third-order valence-electron chi connectivity index (χ3n) is 6.57. The third-order valence-corrected chi connectivity index (χ3v) is 7.07. The summed E-state index contributed by atoms with van der Waals surface area (Å²) in [4.78, 5) is 28.4. The number of methoxy groups -OCH3 is 2. The molecule has 1 aliphatic rings. The lowest BCUT2D eigenvalue weighted by molar-refractivity contribution is -0.136. The lowest BCUT2D eigenvalue weighted by Crippen LogP contribution is -2.41. The van der Waals surface area contributed by atoms with E-state index in [-0.39, 0.29) is 24.2 Å². The van der Waals surface area contributed by atoms with E-state index in [2.05, 4.69) is 36.7 Å². The lowest BCUT2D eigenvalue weighted by atomic mass is 9.85. The summed E-state index contributed by atoms with van der Waals surface area (Å²) in [5.41, 5.74) is 1.30. The van der Waals surface area contributed by atoms with E-state index in [9.17, 15) is 14.7 Å². The Morgan fingerprint density at radius 3 is 2.25 bits per heavy atom. The molecule has 0 radical (unpaired) electrons. The van der Waals surface area contributed by atoms with Crippen molar-refractivity contribution in [1.29, 1.82) is 0 Å². The van der Waals surface area contributed by atoms with Gasteiger partial charge >= 0.3 is 0 Å². The van der Waals surface area contributed by atoms with Crippen LogP contribution in [0.5, 0.6) is 11.5 Å². The zero-order valence-electron chi connectivity index (χ0n) is 21.1. The van der Waals surface area contributed by atoms with E-state index in [1.807, 2.05) is 24.3 Å². The third kappa shape index (κ3) is 4.77. The highest BCUT2D eigenvalue weighted by Crippen LogP contribution is 2.45. The number of carbonyl (C=O) groups is 2. The van der Waals surface area contributed by atoms with Crippen LogP contribution in [0.3, 0.4) is 0 Å². The fourth-order valence-corrected chi connectivity index (χ4v) is 4.86. The minimum absolute atomic E-state index is 0.0446. The molecule has 1 N–H and O–H groups in total. The van der Waals surface area contributed by atoms with Crippen molar-refractivity contribution in [2.75, 3.05) is 19.1 Å². The average molecular weight is 552 g/mol. The Labute approximate surface area is 220 Å². The number of rotatable bonds is 7. The number of amides is 1. The Bertz CT molecular complexity index is 1310. The van der Waals surface area contributed by atoms with Gasteiger partial charge in [-0.05, 0) is 46.9 Å². The van der Waals surface area contributed by atoms with Gasteiger partial charge in [0, 0.05) is 15.6 Å². The summed E-state index contributed by atoms with van der Waals surface area (Å²) in [6.45, 7) is 6.51. The summed E-state index contributed by atoms with van der Waals surface area (Å²) in [7, 11) is 3.11. The number of hydrogen-bond acceptors (Lipinski definition) is 5. The molecule has 0 saturated heterocycles. The van der Waals surface area contributed by atoms with E-state index in [0.717, 1.165) is 11.1 Å². The van der Waals surface area contributed by atoms with Gasteiger partial charge in [0.1, 0.15) is 0 Å². The van der Waals surface area contributed by atoms with Crippen molar-refractivity contribution in [3.8, 4) is 11.5 Å². The minimum atomic E-state index is -1.98. The van der Waals surface area contributed by atoms with Gasteiger partial charge in [-0.15, -0.1) is 0 Å². The van der Waals surface area contributed by atoms with Crippen LogP contribution in [0.4, 0.5) is 5.69 Å². The first-order valence-electron chi connectivity index (χ1n) is 11.7. The van der Waals surface area contributed by atoms with Gasteiger partial charge in [0.05, 0.1) is 32.9 Å². The highest BCUT2D eigenvalue weighted by molar-refractivity contribution is 9.10. The van der Waals surface area contributed by atoms with Gasteiger partial charge < -0.3 is 19.5 Å². The van der Waals surface area contributed by atoms with Crippen molar-refractivity contribution in [3.05, 3.63) is 87.4 Å². The number of hydrogen-bond donors (Lipinski definition) is 1. The highest BCUT2D eigenvalue weighted by Gasteiger charge is 2.51. The quantitative estimate of drug-likeness (QED) is 0.377. The molecule has 6 nitrogen and oxygen atoms in total. The largest absolute Gasteiger partial charge is 0.493 e. The van der Waals surface area contributed by atoms with Crippen molar-refractivity contribution in [1.82, 2.24) is 0 Å². The first kappa shape index (κ1) is 25.9. The Hall–Kier alpha value is -3.16. The number of fused-ring (bicyclic) bond motifs is 1. The molecule has 1 aliphatic heterocycles. The topological polar surface area (TPSA) is 76.1 Å². The molecular formula is C29H30BrNO5. The number of aliphatic hydroxyl groups is 1. The Morgan fingerprint density at radius 1 is 0.972 bits per heavy atom. The van der Waals surface area contributed by atoms with Crippen LogP contribution in [0.2, 0.25) is 0 Å². The van der Waals surface area contributed by atoms with Crippen LogP contribution in [0.25, 0.3) is 0 Å². The molecule has 1 atom stereocenters. The predicted octanol–water partition coefficient (Wildman–Crippen LogP) is 5.77. The molecule has 4 rings (SSSR count). The van der Waals surface area contributed by atoms with Crippen LogP contribution in [0.1, 0.15) is 54.2 Å². The van der Waals surface area contributed by atoms with Crippen LogP contribution in [-0.2, 0) is 22.4 Å². The number of anilines is 1. The van der Waals surface area contributed by atoms with Gasteiger partial charge in [0.2, 0.25) is 0 Å². The van der Waals surface area contributed by atoms with Crippen molar-refractivity contribution >= 4 is 33.3 Å². The first-order valence-corrected chi connectivity index (χ1v) is 12.5. The molecule has 1 heterocycles. The summed E-state index contributed by atoms with van der Waals surface area (Å²) in [6.07, 6.45) is -0.355. The maximum Gasteiger partial charge on any atom is 0.264 e. The first-order chi connectivity index (χ1) is 17.0. The van der Waals surface area contributed by atoms with Crippen molar-refractivity contribution < 1.29 is 24.2 Å². The Balaban J connectivity index is 1.66. The van der Waals surface area contributed by atoms with Gasteiger partial charge in [0.15, 0.2) is 22.9 Å². The van der Waals surface area contributed by atoms with E-state index in [4.69, 9.17) is 9.47 Å².